The van der Waals surface area contributed by atoms with E-state index in [9.17, 15) is 9.59 Å². The molecule has 4 rings (SSSR count). The van der Waals surface area contributed by atoms with Gasteiger partial charge in [-0.05, 0) is 62.1 Å². The van der Waals surface area contributed by atoms with Crippen LogP contribution in [0.25, 0.3) is 0 Å². The highest BCUT2D eigenvalue weighted by atomic mass is 16.5. The number of nitrogens with one attached hydrogen (secondary N) is 1. The average molecular weight is 364 g/mol. The number of hydrogen-bond donors (Lipinski definition) is 1. The zero-order valence-electron chi connectivity index (χ0n) is 15.3. The second kappa shape index (κ2) is 7.82. The fourth-order valence-electron chi connectivity index (χ4n) is 3.36. The quantitative estimate of drug-likeness (QED) is 0.882. The van der Waals surface area contributed by atoms with E-state index in [0.717, 1.165) is 31.4 Å². The molecular formula is C22H24N2O3. The van der Waals surface area contributed by atoms with E-state index in [4.69, 9.17) is 4.74 Å². The van der Waals surface area contributed by atoms with Crippen LogP contribution in [0, 0.1) is 5.92 Å². The van der Waals surface area contributed by atoms with E-state index in [2.05, 4.69) is 5.32 Å². The first-order valence-corrected chi connectivity index (χ1v) is 9.61. The molecule has 27 heavy (non-hydrogen) atoms. The van der Waals surface area contributed by atoms with Gasteiger partial charge in [-0.3, -0.25) is 9.59 Å². The fourth-order valence-corrected chi connectivity index (χ4v) is 3.36. The lowest BCUT2D eigenvalue weighted by Crippen LogP contribution is -2.46. The number of likely N-dealkylation sites (tertiary alicyclic amines) is 1. The van der Waals surface area contributed by atoms with Gasteiger partial charge >= 0.3 is 0 Å². The number of ether oxygens (including phenoxy) is 1. The molecule has 2 amide bonds. The Labute approximate surface area is 159 Å². The van der Waals surface area contributed by atoms with Gasteiger partial charge in [-0.25, -0.2) is 0 Å². The van der Waals surface area contributed by atoms with E-state index < -0.39 is 0 Å². The van der Waals surface area contributed by atoms with Gasteiger partial charge < -0.3 is 15.0 Å². The topological polar surface area (TPSA) is 58.6 Å². The first kappa shape index (κ1) is 17.6. The van der Waals surface area contributed by atoms with Crippen LogP contribution < -0.4 is 10.1 Å². The summed E-state index contributed by atoms with van der Waals surface area (Å²) in [5.74, 6) is 1.94. The van der Waals surface area contributed by atoms with Crippen molar-refractivity contribution in [2.75, 3.05) is 13.1 Å². The monoisotopic (exact) mass is 364 g/mol. The lowest BCUT2D eigenvalue weighted by Gasteiger charge is -2.32. The van der Waals surface area contributed by atoms with Crippen LogP contribution in [0.4, 0.5) is 0 Å². The second-order valence-electron chi connectivity index (χ2n) is 7.29. The van der Waals surface area contributed by atoms with Gasteiger partial charge in [0.2, 0.25) is 5.91 Å². The second-order valence-corrected chi connectivity index (χ2v) is 7.29. The van der Waals surface area contributed by atoms with E-state index in [1.807, 2.05) is 59.5 Å². The molecule has 1 N–H and O–H groups in total. The van der Waals surface area contributed by atoms with Gasteiger partial charge in [-0.1, -0.05) is 18.2 Å². The predicted molar refractivity (Wildman–Crippen MR) is 103 cm³/mol. The maximum absolute atomic E-state index is 12.7. The van der Waals surface area contributed by atoms with Crippen molar-refractivity contribution < 1.29 is 14.3 Å². The molecule has 0 unspecified atom stereocenters. The Morgan fingerprint density at radius 3 is 2.11 bits per heavy atom. The molecule has 140 valence electrons. The molecule has 1 aliphatic carbocycles. The summed E-state index contributed by atoms with van der Waals surface area (Å²) in [4.78, 5) is 26.5. The van der Waals surface area contributed by atoms with E-state index in [1.54, 1.807) is 0 Å². The SMILES string of the molecule is O=C(NC1CCN(C(=O)c2ccc(Oc3ccccc3)cc2)CC1)C1CC1. The van der Waals surface area contributed by atoms with Gasteiger partial charge in [0.05, 0.1) is 0 Å². The number of hydrogen-bond acceptors (Lipinski definition) is 3. The minimum atomic E-state index is 0.0354. The minimum absolute atomic E-state index is 0.0354. The smallest absolute Gasteiger partial charge is 0.253 e. The van der Waals surface area contributed by atoms with Gasteiger partial charge in [0, 0.05) is 30.6 Å². The lowest BCUT2D eigenvalue weighted by molar-refractivity contribution is -0.123. The number of para-hydroxylation sites is 1. The van der Waals surface area contributed by atoms with Gasteiger partial charge in [-0.15, -0.1) is 0 Å². The maximum atomic E-state index is 12.7. The number of carbonyl (C=O) groups is 2. The number of piperidine rings is 1. The standard InChI is InChI=1S/C22H24N2O3/c25-21(16-6-7-16)23-18-12-14-24(15-13-18)22(26)17-8-10-20(11-9-17)27-19-4-2-1-3-5-19/h1-5,8-11,16,18H,6-7,12-15H2,(H,23,25). The Morgan fingerprint density at radius 2 is 1.48 bits per heavy atom. The van der Waals surface area contributed by atoms with E-state index in [-0.39, 0.29) is 23.8 Å². The first-order valence-electron chi connectivity index (χ1n) is 9.61. The predicted octanol–water partition coefficient (Wildman–Crippen LogP) is 3.61. The molecule has 2 aliphatic rings. The minimum Gasteiger partial charge on any atom is -0.457 e. The Kier molecular flexibility index (Phi) is 5.10. The zero-order chi connectivity index (χ0) is 18.6. The van der Waals surface area contributed by atoms with Crippen LogP contribution in [0.3, 0.4) is 0 Å². The summed E-state index contributed by atoms with van der Waals surface area (Å²) < 4.78 is 5.77. The molecule has 0 atom stereocenters. The van der Waals surface area contributed by atoms with Crippen molar-refractivity contribution in [2.24, 2.45) is 5.92 Å². The van der Waals surface area contributed by atoms with Crippen LogP contribution in [0.5, 0.6) is 11.5 Å². The number of nitrogens with zero attached hydrogens (tertiary/aromatic N) is 1. The van der Waals surface area contributed by atoms with Gasteiger partial charge in [-0.2, -0.15) is 0 Å². The highest BCUT2D eigenvalue weighted by molar-refractivity contribution is 5.94. The summed E-state index contributed by atoms with van der Waals surface area (Å²) in [6.07, 6.45) is 3.68. The first-order chi connectivity index (χ1) is 13.2. The van der Waals surface area contributed by atoms with Crippen molar-refractivity contribution >= 4 is 11.8 Å². The van der Waals surface area contributed by atoms with Crippen molar-refractivity contribution in [2.45, 2.75) is 31.7 Å². The van der Waals surface area contributed by atoms with Crippen LogP contribution in [0.2, 0.25) is 0 Å². The molecule has 1 heterocycles. The summed E-state index contributed by atoms with van der Waals surface area (Å²) in [7, 11) is 0. The van der Waals surface area contributed by atoms with E-state index in [0.29, 0.717) is 24.4 Å². The van der Waals surface area contributed by atoms with Crippen molar-refractivity contribution in [1.29, 1.82) is 0 Å². The Hall–Kier alpha value is -2.82. The fraction of sp³-hybridized carbons (Fsp3) is 0.364. The molecule has 0 bridgehead atoms. The number of rotatable bonds is 5. The molecule has 2 aromatic carbocycles. The normalized spacial score (nSPS) is 17.4. The average Bonchev–Trinajstić information content (AvgIpc) is 3.55. The number of benzene rings is 2. The summed E-state index contributed by atoms with van der Waals surface area (Å²) in [5.41, 5.74) is 0.663. The van der Waals surface area contributed by atoms with E-state index in [1.165, 1.54) is 0 Å². The zero-order valence-corrected chi connectivity index (χ0v) is 15.3. The van der Waals surface area contributed by atoms with Crippen molar-refractivity contribution in [3.05, 3.63) is 60.2 Å². The third-order valence-electron chi connectivity index (χ3n) is 5.16. The van der Waals surface area contributed by atoms with Crippen molar-refractivity contribution in [3.63, 3.8) is 0 Å². The van der Waals surface area contributed by atoms with Crippen LogP contribution in [0.1, 0.15) is 36.0 Å². The number of carbonyl (C=O) groups excluding carboxylic acids is 2. The molecular weight excluding hydrogens is 340 g/mol. The van der Waals surface area contributed by atoms with Gasteiger partial charge in [0.15, 0.2) is 0 Å². The van der Waals surface area contributed by atoms with Crippen LogP contribution in [0.15, 0.2) is 54.6 Å². The molecule has 0 radical (unpaired) electrons. The molecule has 1 saturated carbocycles. The Balaban J connectivity index is 1.30. The largest absolute Gasteiger partial charge is 0.457 e. The molecule has 0 spiro atoms. The molecule has 5 heteroatoms. The van der Waals surface area contributed by atoms with Gasteiger partial charge in [0.1, 0.15) is 11.5 Å². The lowest BCUT2D eigenvalue weighted by atomic mass is 10.0. The maximum Gasteiger partial charge on any atom is 0.253 e. The molecule has 2 aromatic rings. The molecule has 2 fully saturated rings. The van der Waals surface area contributed by atoms with Crippen LogP contribution in [-0.2, 0) is 4.79 Å². The molecule has 0 aromatic heterocycles. The highest BCUT2D eigenvalue weighted by Crippen LogP contribution is 2.29. The van der Waals surface area contributed by atoms with Gasteiger partial charge in [0.25, 0.3) is 5.91 Å². The number of amides is 2. The van der Waals surface area contributed by atoms with Crippen LogP contribution >= 0.6 is 0 Å². The Morgan fingerprint density at radius 1 is 0.852 bits per heavy atom. The highest BCUT2D eigenvalue weighted by Gasteiger charge is 2.32. The summed E-state index contributed by atoms with van der Waals surface area (Å²) >= 11 is 0. The van der Waals surface area contributed by atoms with Crippen LogP contribution in [-0.4, -0.2) is 35.8 Å². The summed E-state index contributed by atoms with van der Waals surface area (Å²) in [6, 6.07) is 17.0. The molecule has 5 nitrogen and oxygen atoms in total. The third-order valence-corrected chi connectivity index (χ3v) is 5.16. The summed E-state index contributed by atoms with van der Waals surface area (Å²) in [6.45, 7) is 1.35. The molecule has 1 saturated heterocycles. The third kappa shape index (κ3) is 4.48. The van der Waals surface area contributed by atoms with Crippen molar-refractivity contribution in [1.82, 2.24) is 10.2 Å². The molecule has 1 aliphatic heterocycles. The van der Waals surface area contributed by atoms with E-state index >= 15 is 0 Å². The summed E-state index contributed by atoms with van der Waals surface area (Å²) in [5, 5.41) is 3.12. The van der Waals surface area contributed by atoms with Crippen molar-refractivity contribution in [3.8, 4) is 11.5 Å². The Bertz CT molecular complexity index is 792.